The summed E-state index contributed by atoms with van der Waals surface area (Å²) in [6.07, 6.45) is 8.42. The van der Waals surface area contributed by atoms with Crippen molar-refractivity contribution < 1.29 is 52.8 Å². The number of ether oxygens (including phenoxy) is 4. The Morgan fingerprint density at radius 2 is 1.08 bits per heavy atom. The number of rotatable bonds is 14. The summed E-state index contributed by atoms with van der Waals surface area (Å²) in [6, 6.07) is 12.0. The molecule has 3 N–H and O–H groups in total. The molecule has 65 heavy (non-hydrogen) atoms. The van der Waals surface area contributed by atoms with Crippen LogP contribution in [0.1, 0.15) is 137 Å². The number of carbonyl (C=O) groups excluding carboxylic acids is 5. The van der Waals surface area contributed by atoms with Gasteiger partial charge >= 0.3 is 17.9 Å². The predicted octanol–water partition coefficient (Wildman–Crippen LogP) is 5.06. The van der Waals surface area contributed by atoms with E-state index in [4.69, 9.17) is 34.3 Å². The highest BCUT2D eigenvalue weighted by Crippen LogP contribution is 2.39. The molecule has 17 heteroatoms. The van der Waals surface area contributed by atoms with Gasteiger partial charge in [0.25, 0.3) is 11.8 Å². The quantitative estimate of drug-likeness (QED) is 0.0858. The number of carboxylic acid groups (broad SMARTS) is 1. The largest absolute Gasteiger partial charge is 0.478 e. The first-order valence-electron chi connectivity index (χ1n) is 22.6. The Bertz CT molecular complexity index is 2360. The van der Waals surface area contributed by atoms with Gasteiger partial charge in [0.15, 0.2) is 0 Å². The summed E-state index contributed by atoms with van der Waals surface area (Å²) in [7, 11) is 0. The second-order valence-corrected chi connectivity index (χ2v) is 17.2. The molecule has 346 valence electrons. The fourth-order valence-electron chi connectivity index (χ4n) is 9.09. The van der Waals surface area contributed by atoms with Gasteiger partial charge in [0.1, 0.15) is 6.29 Å². The van der Waals surface area contributed by atoms with Crippen molar-refractivity contribution in [1.82, 2.24) is 30.2 Å². The Morgan fingerprint density at radius 3 is 1.46 bits per heavy atom. The van der Waals surface area contributed by atoms with Gasteiger partial charge in [-0.3, -0.25) is 23.7 Å². The molecule has 0 aliphatic carbocycles. The lowest BCUT2D eigenvalue weighted by Crippen LogP contribution is -2.40. The number of amides is 2. The molecule has 0 atom stereocenters. The molecule has 2 amide bonds. The normalized spacial score (nSPS) is 17.3. The zero-order chi connectivity index (χ0) is 46.0. The van der Waals surface area contributed by atoms with E-state index < -0.39 is 17.9 Å². The second-order valence-electron chi connectivity index (χ2n) is 17.2. The number of aldehydes is 1. The molecule has 4 aliphatic rings. The van der Waals surface area contributed by atoms with Crippen LogP contribution in [0.15, 0.2) is 48.5 Å². The number of aromatic carboxylic acids is 1. The first-order valence-corrected chi connectivity index (χ1v) is 22.6. The Balaban J connectivity index is 0.000000194. The molecule has 8 rings (SSSR count). The van der Waals surface area contributed by atoms with E-state index in [0.29, 0.717) is 106 Å². The number of carbonyl (C=O) groups is 6. The van der Waals surface area contributed by atoms with E-state index in [1.807, 2.05) is 23.2 Å². The summed E-state index contributed by atoms with van der Waals surface area (Å²) < 4.78 is 25.7. The zero-order valence-corrected chi connectivity index (χ0v) is 37.2. The van der Waals surface area contributed by atoms with Gasteiger partial charge in [-0.1, -0.05) is 26.0 Å². The number of nitrogens with one attached hydrogen (secondary N) is 2. The van der Waals surface area contributed by atoms with E-state index in [-0.39, 0.29) is 41.4 Å². The van der Waals surface area contributed by atoms with Crippen LogP contribution in [0.3, 0.4) is 0 Å². The highest BCUT2D eigenvalue weighted by atomic mass is 16.5. The lowest BCUT2D eigenvalue weighted by molar-refractivity contribution is 0.0151. The number of aromatic nitrogens is 4. The van der Waals surface area contributed by atoms with Crippen LogP contribution in [0.25, 0.3) is 0 Å². The maximum Gasteiger partial charge on any atom is 0.338 e. The highest BCUT2D eigenvalue weighted by Gasteiger charge is 2.41. The van der Waals surface area contributed by atoms with Gasteiger partial charge in [-0.25, -0.2) is 14.4 Å². The molecule has 0 bridgehead atoms. The number of nitrogens with zero attached hydrogens (tertiary/aromatic N) is 4. The van der Waals surface area contributed by atoms with Crippen molar-refractivity contribution in [2.24, 2.45) is 10.8 Å². The maximum absolute atomic E-state index is 12.9. The number of hydrogen-bond donors (Lipinski definition) is 3. The standard InChI is InChI=1S/C24H29N3O6.C24H29N3O5/c1-2-18-20-19(14-24(15-25-21(20)28)8-12-32-13-9-24)27(26-18)10-3-11-33-23(31)17-6-4-16(5-7-17)22(29)30;1-2-19-21-20(14-24(16-25-22(21)29)8-12-31-13-9-24)27(26-19)10-3-11-32-23(30)18-6-4-17(15-28)5-7-18/h4-7H,2-3,8-15H2,1H3,(H,25,28)(H,29,30);4-7,15H,2-3,8-14,16H2,1H3,(H,25,29). The van der Waals surface area contributed by atoms with Crippen molar-refractivity contribution in [2.75, 3.05) is 52.7 Å². The summed E-state index contributed by atoms with van der Waals surface area (Å²) in [6.45, 7) is 9.67. The van der Waals surface area contributed by atoms with Crippen LogP contribution in [0.2, 0.25) is 0 Å². The topological polar surface area (TPSA) is 219 Å². The third-order valence-electron chi connectivity index (χ3n) is 13.0. The van der Waals surface area contributed by atoms with E-state index >= 15 is 0 Å². The number of fused-ring (bicyclic) bond motifs is 2. The molecule has 2 spiro atoms. The SMILES string of the molecule is CCc1nn(CCCOC(=O)c2ccc(C(=O)O)cc2)c2c1C(=O)NCC1(CCOCC1)C2.CCc1nn(CCCOC(=O)c2ccc(C=O)cc2)c2c1C(=O)NCC1(CCOCC1)C2. The number of carboxylic acids is 1. The molecular formula is C48H58N6O11. The number of benzene rings is 2. The fourth-order valence-corrected chi connectivity index (χ4v) is 9.09. The zero-order valence-electron chi connectivity index (χ0n) is 37.2. The van der Waals surface area contributed by atoms with Crippen LogP contribution in [0.5, 0.6) is 0 Å². The van der Waals surface area contributed by atoms with Gasteiger partial charge in [0.05, 0.1) is 63.8 Å². The van der Waals surface area contributed by atoms with E-state index in [1.165, 1.54) is 24.3 Å². The molecule has 4 aromatic rings. The summed E-state index contributed by atoms with van der Waals surface area (Å²) in [5, 5.41) is 24.6. The number of esters is 2. The van der Waals surface area contributed by atoms with Crippen LogP contribution < -0.4 is 10.6 Å². The van der Waals surface area contributed by atoms with Crippen molar-refractivity contribution >= 4 is 36.0 Å². The van der Waals surface area contributed by atoms with Crippen molar-refractivity contribution in [3.8, 4) is 0 Å². The molecule has 17 nitrogen and oxygen atoms in total. The van der Waals surface area contributed by atoms with Crippen LogP contribution in [0.4, 0.5) is 0 Å². The van der Waals surface area contributed by atoms with Gasteiger partial charge in [-0.05, 0) is 98.6 Å². The van der Waals surface area contributed by atoms with Crippen LogP contribution in [-0.2, 0) is 57.7 Å². The maximum atomic E-state index is 12.9. The first-order chi connectivity index (χ1) is 31.5. The van der Waals surface area contributed by atoms with Gasteiger partial charge in [-0.15, -0.1) is 0 Å². The first kappa shape index (κ1) is 46.8. The van der Waals surface area contributed by atoms with Crippen molar-refractivity contribution in [1.29, 1.82) is 0 Å². The van der Waals surface area contributed by atoms with E-state index in [9.17, 15) is 28.8 Å². The minimum atomic E-state index is -1.05. The van der Waals surface area contributed by atoms with Gasteiger partial charge < -0.3 is 34.7 Å². The number of aryl methyl sites for hydroxylation is 4. The molecule has 6 heterocycles. The molecule has 0 radical (unpaired) electrons. The van der Waals surface area contributed by atoms with E-state index in [2.05, 4.69) is 10.6 Å². The molecule has 0 saturated carbocycles. The van der Waals surface area contributed by atoms with Crippen molar-refractivity contribution in [3.05, 3.63) is 105 Å². The second kappa shape index (κ2) is 21.2. The lowest BCUT2D eigenvalue weighted by atomic mass is 9.76. The van der Waals surface area contributed by atoms with Crippen LogP contribution in [-0.4, -0.2) is 113 Å². The van der Waals surface area contributed by atoms with Gasteiger partial charge in [0.2, 0.25) is 0 Å². The summed E-state index contributed by atoms with van der Waals surface area (Å²) in [5.74, 6) is -2.07. The Hall–Kier alpha value is -6.20. The minimum Gasteiger partial charge on any atom is -0.478 e. The monoisotopic (exact) mass is 894 g/mol. The molecule has 2 saturated heterocycles. The lowest BCUT2D eigenvalue weighted by Gasteiger charge is -2.36. The molecule has 2 aromatic carbocycles. The highest BCUT2D eigenvalue weighted by molar-refractivity contribution is 5.98. The van der Waals surface area contributed by atoms with Crippen molar-refractivity contribution in [2.45, 2.75) is 91.1 Å². The average molecular weight is 895 g/mol. The molecule has 2 fully saturated rings. The third-order valence-corrected chi connectivity index (χ3v) is 13.0. The Morgan fingerprint density at radius 1 is 0.677 bits per heavy atom. The summed E-state index contributed by atoms with van der Waals surface area (Å²) in [5.41, 5.74) is 6.28. The minimum absolute atomic E-state index is 0.00208. The fraction of sp³-hybridized carbons (Fsp3) is 0.500. The predicted molar refractivity (Wildman–Crippen MR) is 235 cm³/mol. The molecular weight excluding hydrogens is 837 g/mol. The third kappa shape index (κ3) is 11.0. The molecule has 4 aliphatic heterocycles. The van der Waals surface area contributed by atoms with Gasteiger partial charge in [-0.2, -0.15) is 10.2 Å². The molecule has 2 aromatic heterocycles. The van der Waals surface area contributed by atoms with Crippen LogP contribution in [0, 0.1) is 10.8 Å². The smallest absolute Gasteiger partial charge is 0.338 e. The van der Waals surface area contributed by atoms with Crippen molar-refractivity contribution in [3.63, 3.8) is 0 Å². The van der Waals surface area contributed by atoms with E-state index in [0.717, 1.165) is 67.6 Å². The van der Waals surface area contributed by atoms with Crippen LogP contribution >= 0.6 is 0 Å². The summed E-state index contributed by atoms with van der Waals surface area (Å²) >= 11 is 0. The van der Waals surface area contributed by atoms with Gasteiger partial charge in [0, 0.05) is 71.0 Å². The summed E-state index contributed by atoms with van der Waals surface area (Å²) in [4.78, 5) is 71.9. The van der Waals surface area contributed by atoms with E-state index in [1.54, 1.807) is 24.3 Å². The Labute approximate surface area is 377 Å². The average Bonchev–Trinajstić information content (AvgIpc) is 3.77. The number of hydrogen-bond acceptors (Lipinski definition) is 12. The molecule has 0 unspecified atom stereocenters. The Kier molecular flexibility index (Phi) is 15.3.